The first-order chi connectivity index (χ1) is 13.2. The van der Waals surface area contributed by atoms with Crippen molar-refractivity contribution >= 4 is 11.9 Å². The number of aromatic nitrogens is 2. The van der Waals surface area contributed by atoms with Gasteiger partial charge in [0.15, 0.2) is 5.96 Å². The lowest BCUT2D eigenvalue weighted by Gasteiger charge is -2.33. The zero-order valence-electron chi connectivity index (χ0n) is 16.0. The first-order valence-corrected chi connectivity index (χ1v) is 9.41. The Labute approximate surface area is 160 Å². The van der Waals surface area contributed by atoms with Crippen LogP contribution in [0.25, 0.3) is 5.69 Å². The van der Waals surface area contributed by atoms with Crippen LogP contribution in [0.2, 0.25) is 0 Å². The molecule has 7 nitrogen and oxygen atoms in total. The Balaban J connectivity index is 1.63. The quantitative estimate of drug-likeness (QED) is 0.497. The molecular formula is C20H27N5O2. The Kier molecular flexibility index (Phi) is 6.46. The fraction of sp³-hybridized carbons (Fsp3) is 0.450. The fourth-order valence-electron chi connectivity index (χ4n) is 3.25. The molecule has 0 atom stereocenters. The van der Waals surface area contributed by atoms with Gasteiger partial charge in [-0.15, -0.1) is 0 Å². The van der Waals surface area contributed by atoms with Crippen LogP contribution in [-0.2, 0) is 16.1 Å². The monoisotopic (exact) mass is 369 g/mol. The summed E-state index contributed by atoms with van der Waals surface area (Å²) in [5.74, 6) is 0.774. The summed E-state index contributed by atoms with van der Waals surface area (Å²) in [6.07, 6.45) is 5.45. The Morgan fingerprint density at radius 3 is 2.70 bits per heavy atom. The van der Waals surface area contributed by atoms with E-state index in [9.17, 15) is 4.79 Å². The number of methoxy groups -OCH3 is 1. The smallest absolute Gasteiger partial charge is 0.308 e. The molecule has 0 aliphatic carbocycles. The average Bonchev–Trinajstić information content (AvgIpc) is 3.20. The highest BCUT2D eigenvalue weighted by atomic mass is 16.5. The molecule has 1 N–H and O–H groups in total. The van der Waals surface area contributed by atoms with Gasteiger partial charge in [0.25, 0.3) is 0 Å². The maximum Gasteiger partial charge on any atom is 0.308 e. The minimum Gasteiger partial charge on any atom is -0.469 e. The number of ether oxygens (including phenoxy) is 1. The van der Waals surface area contributed by atoms with Crippen molar-refractivity contribution < 1.29 is 9.53 Å². The van der Waals surface area contributed by atoms with Gasteiger partial charge in [-0.3, -0.25) is 4.79 Å². The van der Waals surface area contributed by atoms with Gasteiger partial charge in [-0.2, -0.15) is 5.10 Å². The van der Waals surface area contributed by atoms with E-state index in [2.05, 4.69) is 22.2 Å². The average molecular weight is 369 g/mol. The van der Waals surface area contributed by atoms with Gasteiger partial charge in [0, 0.05) is 31.4 Å². The number of aliphatic imine (C=N–C) groups is 1. The van der Waals surface area contributed by atoms with Crippen LogP contribution in [0.3, 0.4) is 0 Å². The molecule has 0 unspecified atom stereocenters. The van der Waals surface area contributed by atoms with Crippen LogP contribution in [0, 0.1) is 5.92 Å². The van der Waals surface area contributed by atoms with E-state index in [-0.39, 0.29) is 11.9 Å². The van der Waals surface area contributed by atoms with Crippen molar-refractivity contribution in [3.63, 3.8) is 0 Å². The lowest BCUT2D eigenvalue weighted by molar-refractivity contribution is -0.146. The number of piperidine rings is 1. The summed E-state index contributed by atoms with van der Waals surface area (Å²) in [6, 6.07) is 10.0. The largest absolute Gasteiger partial charge is 0.469 e. The van der Waals surface area contributed by atoms with Gasteiger partial charge < -0.3 is 15.0 Å². The minimum atomic E-state index is -0.107. The lowest BCUT2D eigenvalue weighted by atomic mass is 9.97. The normalized spacial score (nSPS) is 15.6. The number of benzene rings is 1. The van der Waals surface area contributed by atoms with Crippen molar-refractivity contribution in [3.05, 3.63) is 48.3 Å². The van der Waals surface area contributed by atoms with Crippen molar-refractivity contribution in [2.45, 2.75) is 26.3 Å². The van der Waals surface area contributed by atoms with E-state index in [1.54, 1.807) is 0 Å². The number of esters is 1. The molecule has 144 valence electrons. The zero-order chi connectivity index (χ0) is 19.1. The highest BCUT2D eigenvalue weighted by Crippen LogP contribution is 2.18. The van der Waals surface area contributed by atoms with Gasteiger partial charge in [0.1, 0.15) is 0 Å². The summed E-state index contributed by atoms with van der Waals surface area (Å²) in [4.78, 5) is 18.7. The first-order valence-electron chi connectivity index (χ1n) is 9.41. The van der Waals surface area contributed by atoms with Crippen molar-refractivity contribution in [3.8, 4) is 5.69 Å². The number of hydrogen-bond acceptors (Lipinski definition) is 4. The fourth-order valence-corrected chi connectivity index (χ4v) is 3.25. The maximum atomic E-state index is 11.7. The van der Waals surface area contributed by atoms with Gasteiger partial charge in [-0.1, -0.05) is 18.2 Å². The molecule has 1 fully saturated rings. The van der Waals surface area contributed by atoms with Gasteiger partial charge in [-0.25, -0.2) is 9.67 Å². The molecule has 1 saturated heterocycles. The Morgan fingerprint density at radius 2 is 2.04 bits per heavy atom. The zero-order valence-corrected chi connectivity index (χ0v) is 16.0. The second-order valence-corrected chi connectivity index (χ2v) is 6.58. The molecule has 0 amide bonds. The van der Waals surface area contributed by atoms with Crippen LogP contribution in [0.5, 0.6) is 0 Å². The van der Waals surface area contributed by atoms with E-state index in [1.165, 1.54) is 7.11 Å². The van der Waals surface area contributed by atoms with Gasteiger partial charge in [0.05, 0.1) is 31.5 Å². The SMILES string of the molecule is CCNC(=NCc1cnn(-c2ccccc2)c1)N1CCC(C(=O)OC)CC1. The van der Waals surface area contributed by atoms with Crippen LogP contribution < -0.4 is 5.32 Å². The van der Waals surface area contributed by atoms with E-state index in [4.69, 9.17) is 9.73 Å². The number of carbonyl (C=O) groups is 1. The van der Waals surface area contributed by atoms with E-state index in [0.717, 1.165) is 49.7 Å². The summed E-state index contributed by atoms with van der Waals surface area (Å²) < 4.78 is 6.73. The number of carbonyl (C=O) groups excluding carboxylic acids is 1. The number of nitrogens with one attached hydrogen (secondary N) is 1. The van der Waals surface area contributed by atoms with Crippen molar-refractivity contribution in [2.75, 3.05) is 26.7 Å². The van der Waals surface area contributed by atoms with Gasteiger partial charge in [-0.05, 0) is 31.9 Å². The van der Waals surface area contributed by atoms with Gasteiger partial charge in [0.2, 0.25) is 0 Å². The van der Waals surface area contributed by atoms with E-state index < -0.39 is 0 Å². The topological polar surface area (TPSA) is 71.8 Å². The van der Waals surface area contributed by atoms with Gasteiger partial charge >= 0.3 is 5.97 Å². The van der Waals surface area contributed by atoms with Crippen LogP contribution >= 0.6 is 0 Å². The molecular weight excluding hydrogens is 342 g/mol. The number of para-hydroxylation sites is 1. The number of likely N-dealkylation sites (tertiary alicyclic amines) is 1. The van der Waals surface area contributed by atoms with Crippen molar-refractivity contribution in [1.29, 1.82) is 0 Å². The Hall–Kier alpha value is -2.83. The summed E-state index contributed by atoms with van der Waals surface area (Å²) in [6.45, 7) is 5.03. The van der Waals surface area contributed by atoms with Crippen LogP contribution in [-0.4, -0.2) is 53.4 Å². The Morgan fingerprint density at radius 1 is 1.30 bits per heavy atom. The van der Waals surface area contributed by atoms with E-state index in [0.29, 0.717) is 6.54 Å². The first kappa shape index (κ1) is 18.9. The molecule has 0 radical (unpaired) electrons. The molecule has 1 aliphatic rings. The second-order valence-electron chi connectivity index (χ2n) is 6.58. The van der Waals surface area contributed by atoms with E-state index in [1.807, 2.05) is 47.4 Å². The second kappa shape index (κ2) is 9.21. The van der Waals surface area contributed by atoms with E-state index >= 15 is 0 Å². The van der Waals surface area contributed by atoms with Crippen molar-refractivity contribution in [2.24, 2.45) is 10.9 Å². The van der Waals surface area contributed by atoms with Crippen LogP contribution in [0.1, 0.15) is 25.3 Å². The highest BCUT2D eigenvalue weighted by molar-refractivity contribution is 5.80. The molecule has 3 rings (SSSR count). The number of guanidine groups is 1. The van der Waals surface area contributed by atoms with Crippen LogP contribution in [0.15, 0.2) is 47.7 Å². The maximum absolute atomic E-state index is 11.7. The van der Waals surface area contributed by atoms with Crippen molar-refractivity contribution in [1.82, 2.24) is 20.0 Å². The predicted molar refractivity (Wildman–Crippen MR) is 105 cm³/mol. The summed E-state index contributed by atoms with van der Waals surface area (Å²) in [7, 11) is 1.45. The molecule has 0 bridgehead atoms. The molecule has 0 spiro atoms. The number of rotatable bonds is 5. The summed E-state index contributed by atoms with van der Waals surface area (Å²) >= 11 is 0. The highest BCUT2D eigenvalue weighted by Gasteiger charge is 2.26. The predicted octanol–water partition coefficient (Wildman–Crippen LogP) is 2.22. The standard InChI is InChI=1S/C20H27N5O2/c1-3-21-20(24-11-9-17(10-12-24)19(26)27-2)22-13-16-14-23-25(15-16)18-7-5-4-6-8-18/h4-8,14-15,17H,3,9-13H2,1-2H3,(H,21,22). The molecule has 2 heterocycles. The molecule has 7 heteroatoms. The summed E-state index contributed by atoms with van der Waals surface area (Å²) in [5, 5.41) is 7.78. The molecule has 0 saturated carbocycles. The number of nitrogens with zero attached hydrogens (tertiary/aromatic N) is 4. The third-order valence-electron chi connectivity index (χ3n) is 4.73. The lowest BCUT2D eigenvalue weighted by Crippen LogP contribution is -2.46. The Bertz CT molecular complexity index is 764. The molecule has 1 aromatic heterocycles. The molecule has 2 aromatic rings. The molecule has 27 heavy (non-hydrogen) atoms. The summed E-state index contributed by atoms with van der Waals surface area (Å²) in [5.41, 5.74) is 2.09. The molecule has 1 aromatic carbocycles. The third kappa shape index (κ3) is 4.87. The van der Waals surface area contributed by atoms with Crippen LogP contribution in [0.4, 0.5) is 0 Å². The number of hydrogen-bond donors (Lipinski definition) is 1. The third-order valence-corrected chi connectivity index (χ3v) is 4.73. The minimum absolute atomic E-state index is 0.00164. The molecule has 1 aliphatic heterocycles.